The van der Waals surface area contributed by atoms with Gasteiger partial charge in [0.2, 0.25) is 0 Å². The van der Waals surface area contributed by atoms with Crippen molar-refractivity contribution in [2.24, 2.45) is 0 Å². The summed E-state index contributed by atoms with van der Waals surface area (Å²) in [5, 5.41) is 6.10. The van der Waals surface area contributed by atoms with Gasteiger partial charge in [-0.2, -0.15) is 0 Å². The molecule has 0 aliphatic rings. The van der Waals surface area contributed by atoms with E-state index in [9.17, 15) is 0 Å². The van der Waals surface area contributed by atoms with Gasteiger partial charge in [-0.15, -0.1) is 0 Å². The number of rotatable bonds is 5. The Balaban J connectivity index is 1.05. The molecule has 0 fully saturated rings. The molecule has 3 nitrogen and oxygen atoms in total. The fourth-order valence-electron chi connectivity index (χ4n) is 7.63. The van der Waals surface area contributed by atoms with Crippen LogP contribution < -0.4 is 0 Å². The molecular weight excluding hydrogens is 597 g/mol. The number of nitrogens with zero attached hydrogens (tertiary/aromatic N) is 2. The van der Waals surface area contributed by atoms with E-state index in [1.807, 2.05) is 6.07 Å². The highest BCUT2D eigenvalue weighted by molar-refractivity contribution is 6.12. The zero-order valence-electron chi connectivity index (χ0n) is 26.7. The molecule has 0 amide bonds. The first-order chi connectivity index (χ1) is 24.2. The fourth-order valence-corrected chi connectivity index (χ4v) is 7.63. The Bertz CT molecular complexity index is 2830. The number of hydrogen-bond donors (Lipinski definition) is 0. The van der Waals surface area contributed by atoms with Crippen LogP contribution in [0.15, 0.2) is 175 Å². The standard InChI is InChI=1S/C46H30N2O/c1-2-36-28-33-10-9-14-37(46(33)49-36)32-20-18-30(19-21-32)31-22-24-34(25-23-31)47-44-17-8-5-13-40(44)41-29-35(26-27-45(41)47)48-42-15-6-3-11-38(42)39-12-4-7-16-43(39)48/h2-29H,1H2. The van der Waals surface area contributed by atoms with Crippen molar-refractivity contribution in [2.45, 2.75) is 0 Å². The lowest BCUT2D eigenvalue weighted by Gasteiger charge is -2.11. The summed E-state index contributed by atoms with van der Waals surface area (Å²) in [6, 6.07) is 58.9. The van der Waals surface area contributed by atoms with Crippen molar-refractivity contribution in [3.8, 4) is 33.6 Å². The predicted molar refractivity (Wildman–Crippen MR) is 206 cm³/mol. The van der Waals surface area contributed by atoms with E-state index in [-0.39, 0.29) is 0 Å². The van der Waals surface area contributed by atoms with Crippen LogP contribution in [0.3, 0.4) is 0 Å². The maximum atomic E-state index is 6.06. The molecule has 0 spiro atoms. The minimum Gasteiger partial charge on any atom is -0.456 e. The molecular formula is C46H30N2O. The molecule has 0 N–H and O–H groups in total. The number of furan rings is 1. The van der Waals surface area contributed by atoms with Crippen LogP contribution in [-0.4, -0.2) is 9.13 Å². The van der Waals surface area contributed by atoms with E-state index in [4.69, 9.17) is 4.42 Å². The van der Waals surface area contributed by atoms with E-state index >= 15 is 0 Å². The van der Waals surface area contributed by atoms with Gasteiger partial charge in [0.15, 0.2) is 0 Å². The molecule has 0 saturated carbocycles. The summed E-state index contributed by atoms with van der Waals surface area (Å²) in [6.07, 6.45) is 1.75. The lowest BCUT2D eigenvalue weighted by molar-refractivity contribution is 0.605. The summed E-state index contributed by atoms with van der Waals surface area (Å²) >= 11 is 0. The number of hydrogen-bond acceptors (Lipinski definition) is 1. The molecule has 0 saturated heterocycles. The van der Waals surface area contributed by atoms with Crippen LogP contribution in [0.4, 0.5) is 0 Å². The lowest BCUT2D eigenvalue weighted by Crippen LogP contribution is -1.95. The van der Waals surface area contributed by atoms with Gasteiger partial charge in [-0.05, 0) is 77.4 Å². The smallest absolute Gasteiger partial charge is 0.142 e. The Labute approximate surface area is 283 Å². The highest BCUT2D eigenvalue weighted by atomic mass is 16.3. The molecule has 3 heteroatoms. The van der Waals surface area contributed by atoms with Crippen LogP contribution >= 0.6 is 0 Å². The number of para-hydroxylation sites is 4. The first-order valence-electron chi connectivity index (χ1n) is 16.6. The third kappa shape index (κ3) is 4.23. The Morgan fingerprint density at radius 3 is 1.57 bits per heavy atom. The minimum atomic E-state index is 0.783. The summed E-state index contributed by atoms with van der Waals surface area (Å²) in [5.74, 6) is 0.783. The van der Waals surface area contributed by atoms with Gasteiger partial charge in [0.1, 0.15) is 11.3 Å². The average Bonchev–Trinajstić information content (AvgIpc) is 3.85. The molecule has 0 radical (unpaired) electrons. The fraction of sp³-hybridized carbons (Fsp3) is 0. The van der Waals surface area contributed by atoms with E-state index in [0.717, 1.165) is 39.2 Å². The molecule has 10 aromatic rings. The Kier molecular flexibility index (Phi) is 6.03. The summed E-state index contributed by atoms with van der Waals surface area (Å²) < 4.78 is 10.8. The number of aromatic nitrogens is 2. The van der Waals surface area contributed by atoms with Crippen LogP contribution in [0.5, 0.6) is 0 Å². The molecule has 0 aliphatic heterocycles. The van der Waals surface area contributed by atoms with Gasteiger partial charge in [0.25, 0.3) is 0 Å². The number of benzene rings is 7. The average molecular weight is 627 g/mol. The van der Waals surface area contributed by atoms with Crippen molar-refractivity contribution < 1.29 is 4.42 Å². The van der Waals surface area contributed by atoms with E-state index in [2.05, 4.69) is 173 Å². The van der Waals surface area contributed by atoms with Gasteiger partial charge in [0.05, 0.1) is 22.1 Å². The monoisotopic (exact) mass is 626 g/mol. The van der Waals surface area contributed by atoms with Crippen molar-refractivity contribution in [3.05, 3.63) is 176 Å². The second-order valence-electron chi connectivity index (χ2n) is 12.6. The van der Waals surface area contributed by atoms with Crippen LogP contribution in [0.25, 0.3) is 94.3 Å². The highest BCUT2D eigenvalue weighted by Gasteiger charge is 2.16. The van der Waals surface area contributed by atoms with Crippen molar-refractivity contribution in [2.75, 3.05) is 0 Å². The molecule has 0 aliphatic carbocycles. The zero-order valence-corrected chi connectivity index (χ0v) is 26.7. The van der Waals surface area contributed by atoms with Gasteiger partial charge in [-0.25, -0.2) is 0 Å². The van der Waals surface area contributed by atoms with Crippen LogP contribution in [0.1, 0.15) is 5.76 Å². The van der Waals surface area contributed by atoms with Crippen LogP contribution in [0, 0.1) is 0 Å². The molecule has 0 unspecified atom stereocenters. The van der Waals surface area contributed by atoms with Crippen molar-refractivity contribution in [1.29, 1.82) is 0 Å². The molecule has 49 heavy (non-hydrogen) atoms. The summed E-state index contributed by atoms with van der Waals surface area (Å²) in [5.41, 5.74) is 12.6. The van der Waals surface area contributed by atoms with Gasteiger partial charge in [-0.3, -0.25) is 0 Å². The van der Waals surface area contributed by atoms with Crippen molar-refractivity contribution in [1.82, 2.24) is 9.13 Å². The molecule has 0 atom stereocenters. The Morgan fingerprint density at radius 2 is 0.939 bits per heavy atom. The molecule has 0 bridgehead atoms. The third-order valence-corrected chi connectivity index (χ3v) is 9.91. The lowest BCUT2D eigenvalue weighted by atomic mass is 9.99. The van der Waals surface area contributed by atoms with Gasteiger partial charge < -0.3 is 13.6 Å². The van der Waals surface area contributed by atoms with Crippen molar-refractivity contribution >= 4 is 60.7 Å². The molecule has 7 aromatic carbocycles. The summed E-state index contributed by atoms with van der Waals surface area (Å²) in [6.45, 7) is 3.86. The Morgan fingerprint density at radius 1 is 0.429 bits per heavy atom. The SMILES string of the molecule is C=Cc1cc2cccc(-c3ccc(-c4ccc(-n5c6ccccc6c6cc(-n7c8ccccc8c8ccccc87)ccc65)cc4)cc3)c2o1. The third-order valence-electron chi connectivity index (χ3n) is 9.91. The molecule has 3 heterocycles. The highest BCUT2D eigenvalue weighted by Crippen LogP contribution is 2.38. The predicted octanol–water partition coefficient (Wildman–Crippen LogP) is 12.6. The summed E-state index contributed by atoms with van der Waals surface area (Å²) in [4.78, 5) is 0. The molecule has 3 aromatic heterocycles. The van der Waals surface area contributed by atoms with Gasteiger partial charge in [0, 0.05) is 43.9 Å². The maximum Gasteiger partial charge on any atom is 0.142 e. The second-order valence-corrected chi connectivity index (χ2v) is 12.6. The van der Waals surface area contributed by atoms with Gasteiger partial charge in [-0.1, -0.05) is 116 Å². The van der Waals surface area contributed by atoms with Crippen LogP contribution in [0.2, 0.25) is 0 Å². The summed E-state index contributed by atoms with van der Waals surface area (Å²) in [7, 11) is 0. The Hall–Kier alpha value is -6.58. The van der Waals surface area contributed by atoms with Crippen LogP contribution in [-0.2, 0) is 0 Å². The van der Waals surface area contributed by atoms with Gasteiger partial charge >= 0.3 is 0 Å². The second kappa shape index (κ2) is 10.7. The normalized spacial score (nSPS) is 11.8. The quantitative estimate of drug-likeness (QED) is 0.186. The van der Waals surface area contributed by atoms with Crippen molar-refractivity contribution in [3.63, 3.8) is 0 Å². The zero-order chi connectivity index (χ0) is 32.5. The minimum absolute atomic E-state index is 0.783. The number of fused-ring (bicyclic) bond motifs is 7. The van der Waals surface area contributed by atoms with E-state index in [1.54, 1.807) is 6.08 Å². The molecule has 10 rings (SSSR count). The van der Waals surface area contributed by atoms with E-state index < -0.39 is 0 Å². The van der Waals surface area contributed by atoms with E-state index in [1.165, 1.54) is 54.7 Å². The first kappa shape index (κ1) is 27.5. The largest absolute Gasteiger partial charge is 0.456 e. The maximum absolute atomic E-state index is 6.06. The molecule has 230 valence electrons. The topological polar surface area (TPSA) is 23.0 Å². The first-order valence-corrected chi connectivity index (χ1v) is 16.6. The van der Waals surface area contributed by atoms with E-state index in [0.29, 0.717) is 0 Å².